The van der Waals surface area contributed by atoms with Crippen LogP contribution in [0.2, 0.25) is 0 Å². The van der Waals surface area contributed by atoms with E-state index in [-0.39, 0.29) is 6.42 Å². The summed E-state index contributed by atoms with van der Waals surface area (Å²) in [6.07, 6.45) is 2.29. The summed E-state index contributed by atoms with van der Waals surface area (Å²) in [4.78, 5) is 10.6. The van der Waals surface area contributed by atoms with E-state index in [0.29, 0.717) is 5.92 Å². The molecule has 96 valence electrons. The molecule has 1 aromatic carbocycles. The minimum Gasteiger partial charge on any atom is -0.481 e. The number of carbonyl (C=O) groups is 1. The molecule has 0 heterocycles. The normalized spacial score (nSPS) is 18.4. The molecule has 18 heavy (non-hydrogen) atoms. The Hall–Kier alpha value is -1.77. The molecule has 0 bridgehead atoms. The standard InChI is InChI=1S/C15H19NO2/c1-3-13-10(2)8-14(13)16-12-6-4-11(5-7-12)9-15(17)18/h4-7,10,16H,3,8-9H2,1-2H3,(H,17,18). The van der Waals surface area contributed by atoms with E-state index in [4.69, 9.17) is 5.11 Å². The predicted molar refractivity (Wildman–Crippen MR) is 72.5 cm³/mol. The van der Waals surface area contributed by atoms with Crippen molar-refractivity contribution in [2.45, 2.75) is 33.1 Å². The summed E-state index contributed by atoms with van der Waals surface area (Å²) in [5.74, 6) is -0.0942. The predicted octanol–water partition coefficient (Wildman–Crippen LogP) is 3.43. The maximum Gasteiger partial charge on any atom is 0.307 e. The number of nitrogens with one attached hydrogen (secondary N) is 1. The number of carboxylic acids is 1. The number of anilines is 1. The van der Waals surface area contributed by atoms with E-state index in [1.807, 2.05) is 24.3 Å². The summed E-state index contributed by atoms with van der Waals surface area (Å²) in [7, 11) is 0. The number of allylic oxidation sites excluding steroid dienone is 2. The fourth-order valence-corrected chi connectivity index (χ4v) is 2.47. The van der Waals surface area contributed by atoms with Gasteiger partial charge in [-0.05, 0) is 42.0 Å². The first-order valence-electron chi connectivity index (χ1n) is 6.39. The molecule has 0 saturated carbocycles. The molecule has 3 nitrogen and oxygen atoms in total. The molecule has 0 aliphatic heterocycles. The molecular weight excluding hydrogens is 226 g/mol. The van der Waals surface area contributed by atoms with Gasteiger partial charge in [-0.3, -0.25) is 4.79 Å². The summed E-state index contributed by atoms with van der Waals surface area (Å²) >= 11 is 0. The maximum absolute atomic E-state index is 10.6. The molecule has 0 aromatic heterocycles. The van der Waals surface area contributed by atoms with Crippen LogP contribution < -0.4 is 5.32 Å². The molecule has 0 spiro atoms. The highest BCUT2D eigenvalue weighted by Gasteiger charge is 2.23. The van der Waals surface area contributed by atoms with Crippen molar-refractivity contribution in [1.29, 1.82) is 0 Å². The lowest BCUT2D eigenvalue weighted by atomic mass is 9.81. The second-order valence-electron chi connectivity index (χ2n) is 4.85. The topological polar surface area (TPSA) is 49.3 Å². The first kappa shape index (κ1) is 12.7. The van der Waals surface area contributed by atoms with Crippen LogP contribution in [0.25, 0.3) is 0 Å². The molecular formula is C15H19NO2. The number of carboxylic acid groups (broad SMARTS) is 1. The number of hydrogen-bond acceptors (Lipinski definition) is 2. The third-order valence-corrected chi connectivity index (χ3v) is 3.48. The van der Waals surface area contributed by atoms with Gasteiger partial charge in [-0.25, -0.2) is 0 Å². The zero-order chi connectivity index (χ0) is 13.1. The van der Waals surface area contributed by atoms with Crippen LogP contribution in [0.1, 0.15) is 32.3 Å². The lowest BCUT2D eigenvalue weighted by Gasteiger charge is -2.31. The van der Waals surface area contributed by atoms with E-state index in [9.17, 15) is 4.79 Å². The monoisotopic (exact) mass is 245 g/mol. The highest BCUT2D eigenvalue weighted by molar-refractivity contribution is 5.70. The molecule has 1 atom stereocenters. The van der Waals surface area contributed by atoms with Gasteiger partial charge in [0.05, 0.1) is 6.42 Å². The molecule has 3 heteroatoms. The summed E-state index contributed by atoms with van der Waals surface area (Å²) in [5.41, 5.74) is 4.71. The van der Waals surface area contributed by atoms with E-state index in [0.717, 1.165) is 24.1 Å². The number of rotatable bonds is 5. The average Bonchev–Trinajstić information content (AvgIpc) is 2.30. The third-order valence-electron chi connectivity index (χ3n) is 3.48. The van der Waals surface area contributed by atoms with Gasteiger partial charge in [-0.15, -0.1) is 0 Å². The highest BCUT2D eigenvalue weighted by atomic mass is 16.4. The fourth-order valence-electron chi connectivity index (χ4n) is 2.47. The molecule has 0 saturated heterocycles. The zero-order valence-electron chi connectivity index (χ0n) is 10.9. The Labute approximate surface area is 108 Å². The zero-order valence-corrected chi connectivity index (χ0v) is 10.9. The van der Waals surface area contributed by atoms with Crippen LogP contribution in [-0.4, -0.2) is 11.1 Å². The third kappa shape index (κ3) is 2.73. The Morgan fingerprint density at radius 2 is 2.06 bits per heavy atom. The largest absolute Gasteiger partial charge is 0.481 e. The molecule has 0 amide bonds. The van der Waals surface area contributed by atoms with Gasteiger partial charge in [0.2, 0.25) is 0 Å². The Kier molecular flexibility index (Phi) is 3.70. The molecule has 1 aliphatic carbocycles. The van der Waals surface area contributed by atoms with Gasteiger partial charge in [-0.1, -0.05) is 26.0 Å². The summed E-state index contributed by atoms with van der Waals surface area (Å²) in [5, 5.41) is 12.1. The van der Waals surface area contributed by atoms with Gasteiger partial charge >= 0.3 is 5.97 Å². The van der Waals surface area contributed by atoms with Crippen molar-refractivity contribution < 1.29 is 9.90 Å². The van der Waals surface area contributed by atoms with Gasteiger partial charge in [0.15, 0.2) is 0 Å². The molecule has 0 radical (unpaired) electrons. The number of aliphatic carboxylic acids is 1. The van der Waals surface area contributed by atoms with Crippen LogP contribution in [0.4, 0.5) is 5.69 Å². The molecule has 1 aliphatic rings. The first-order valence-corrected chi connectivity index (χ1v) is 6.39. The lowest BCUT2D eigenvalue weighted by Crippen LogP contribution is -2.20. The van der Waals surface area contributed by atoms with Crippen molar-refractivity contribution in [1.82, 2.24) is 0 Å². The summed E-state index contributed by atoms with van der Waals surface area (Å²) in [6.45, 7) is 4.43. The summed E-state index contributed by atoms with van der Waals surface area (Å²) < 4.78 is 0. The molecule has 2 N–H and O–H groups in total. The van der Waals surface area contributed by atoms with Crippen molar-refractivity contribution in [3.8, 4) is 0 Å². The van der Waals surface area contributed by atoms with Crippen molar-refractivity contribution in [3.05, 3.63) is 41.1 Å². The quantitative estimate of drug-likeness (QED) is 0.835. The second kappa shape index (κ2) is 5.25. The molecule has 1 aromatic rings. The van der Waals surface area contributed by atoms with Crippen LogP contribution in [0.3, 0.4) is 0 Å². The van der Waals surface area contributed by atoms with Crippen LogP contribution in [0.5, 0.6) is 0 Å². The summed E-state index contributed by atoms with van der Waals surface area (Å²) in [6, 6.07) is 7.62. The smallest absolute Gasteiger partial charge is 0.307 e. The van der Waals surface area contributed by atoms with Gasteiger partial charge in [0.1, 0.15) is 0 Å². The van der Waals surface area contributed by atoms with E-state index in [2.05, 4.69) is 19.2 Å². The van der Waals surface area contributed by atoms with E-state index in [1.54, 1.807) is 0 Å². The van der Waals surface area contributed by atoms with E-state index < -0.39 is 5.97 Å². The average molecular weight is 245 g/mol. The second-order valence-corrected chi connectivity index (χ2v) is 4.85. The van der Waals surface area contributed by atoms with Crippen molar-refractivity contribution in [2.24, 2.45) is 5.92 Å². The Morgan fingerprint density at radius 1 is 1.39 bits per heavy atom. The lowest BCUT2D eigenvalue weighted by molar-refractivity contribution is -0.136. The molecule has 0 fully saturated rings. The van der Waals surface area contributed by atoms with Gasteiger partial charge in [0.25, 0.3) is 0 Å². The van der Waals surface area contributed by atoms with Gasteiger partial charge in [-0.2, -0.15) is 0 Å². The van der Waals surface area contributed by atoms with E-state index >= 15 is 0 Å². The first-order chi connectivity index (χ1) is 8.60. The Morgan fingerprint density at radius 3 is 2.56 bits per heavy atom. The minimum atomic E-state index is -0.792. The molecule has 1 unspecified atom stereocenters. The highest BCUT2D eigenvalue weighted by Crippen LogP contribution is 2.36. The van der Waals surface area contributed by atoms with Gasteiger partial charge < -0.3 is 10.4 Å². The SMILES string of the molecule is CCC1=C(Nc2ccc(CC(=O)O)cc2)CC1C. The molecule has 2 rings (SSSR count). The van der Waals surface area contributed by atoms with Crippen LogP contribution in [0, 0.1) is 5.92 Å². The van der Waals surface area contributed by atoms with Crippen LogP contribution >= 0.6 is 0 Å². The van der Waals surface area contributed by atoms with Crippen molar-refractivity contribution in [2.75, 3.05) is 5.32 Å². The Bertz CT molecular complexity index is 474. The minimum absolute atomic E-state index is 0.0836. The van der Waals surface area contributed by atoms with Gasteiger partial charge in [0, 0.05) is 11.4 Å². The van der Waals surface area contributed by atoms with Crippen LogP contribution in [-0.2, 0) is 11.2 Å². The fraction of sp³-hybridized carbons (Fsp3) is 0.400. The number of hydrogen-bond donors (Lipinski definition) is 2. The Balaban J connectivity index is 2.03. The van der Waals surface area contributed by atoms with Crippen molar-refractivity contribution in [3.63, 3.8) is 0 Å². The van der Waals surface area contributed by atoms with Crippen molar-refractivity contribution >= 4 is 11.7 Å². The maximum atomic E-state index is 10.6. The van der Waals surface area contributed by atoms with E-state index in [1.165, 1.54) is 11.3 Å². The number of benzene rings is 1. The van der Waals surface area contributed by atoms with Crippen LogP contribution in [0.15, 0.2) is 35.5 Å².